The van der Waals surface area contributed by atoms with Gasteiger partial charge >= 0.3 is 0 Å². The summed E-state index contributed by atoms with van der Waals surface area (Å²) in [6.07, 6.45) is 7.09. The molecule has 0 bridgehead atoms. The van der Waals surface area contributed by atoms with Crippen LogP contribution in [0, 0.1) is 13.8 Å². The van der Waals surface area contributed by atoms with E-state index in [9.17, 15) is 0 Å². The maximum absolute atomic E-state index is 4.11. The van der Waals surface area contributed by atoms with Crippen molar-refractivity contribution in [2.45, 2.75) is 20.3 Å². The third kappa shape index (κ3) is 3.84. The molecular formula is C21H26N2. The van der Waals surface area contributed by atoms with Crippen LogP contribution < -0.4 is 5.32 Å². The average molecular weight is 306 g/mol. The van der Waals surface area contributed by atoms with Gasteiger partial charge in [0.15, 0.2) is 0 Å². The molecule has 0 unspecified atom stereocenters. The van der Waals surface area contributed by atoms with Crippen LogP contribution in [0.5, 0.6) is 0 Å². The third-order valence-corrected chi connectivity index (χ3v) is 4.31. The molecule has 2 rings (SSSR count). The predicted molar refractivity (Wildman–Crippen MR) is 101 cm³/mol. The van der Waals surface area contributed by atoms with Gasteiger partial charge in [0.05, 0.1) is 0 Å². The standard InChI is InChI=1S/C21H26N2/c1-7-18(13-19-10-11-23(6)17(19)4)14-20-12-15(2)8-9-21(20)16(3)22-5/h7-13,22H,1,3,14H2,2,4-6H3/b18-13+. The van der Waals surface area contributed by atoms with E-state index in [1.165, 1.54) is 28.0 Å². The number of aromatic nitrogens is 1. The molecule has 1 N–H and O–H groups in total. The lowest BCUT2D eigenvalue weighted by atomic mass is 9.95. The number of hydrogen-bond donors (Lipinski definition) is 1. The van der Waals surface area contributed by atoms with Gasteiger partial charge in [-0.1, -0.05) is 43.0 Å². The molecule has 0 amide bonds. The number of benzene rings is 1. The first-order valence-electron chi connectivity index (χ1n) is 7.87. The van der Waals surface area contributed by atoms with Gasteiger partial charge in [0.1, 0.15) is 0 Å². The van der Waals surface area contributed by atoms with E-state index in [1.54, 1.807) is 0 Å². The Hall–Kier alpha value is -2.48. The van der Waals surface area contributed by atoms with Gasteiger partial charge in [0, 0.05) is 37.2 Å². The Labute approximate surface area is 139 Å². The fourth-order valence-corrected chi connectivity index (χ4v) is 2.68. The molecule has 2 aromatic rings. The monoisotopic (exact) mass is 306 g/mol. The van der Waals surface area contributed by atoms with E-state index in [4.69, 9.17) is 0 Å². The number of nitrogens with one attached hydrogen (secondary N) is 1. The summed E-state index contributed by atoms with van der Waals surface area (Å²) in [6.45, 7) is 12.4. The summed E-state index contributed by atoms with van der Waals surface area (Å²) in [5.74, 6) is 0. The molecule has 0 radical (unpaired) electrons. The maximum Gasteiger partial charge on any atom is 0.0341 e. The molecule has 1 aromatic carbocycles. The molecule has 1 aromatic heterocycles. The summed E-state index contributed by atoms with van der Waals surface area (Å²) in [6, 6.07) is 8.63. The Morgan fingerprint density at radius 1 is 1.26 bits per heavy atom. The van der Waals surface area contributed by atoms with E-state index < -0.39 is 0 Å². The summed E-state index contributed by atoms with van der Waals surface area (Å²) < 4.78 is 2.13. The van der Waals surface area contributed by atoms with Crippen molar-refractivity contribution >= 4 is 11.8 Å². The van der Waals surface area contributed by atoms with Gasteiger partial charge in [0.2, 0.25) is 0 Å². The molecule has 0 saturated heterocycles. The van der Waals surface area contributed by atoms with Crippen LogP contribution in [-0.2, 0) is 13.5 Å². The highest BCUT2D eigenvalue weighted by atomic mass is 14.9. The number of rotatable bonds is 6. The van der Waals surface area contributed by atoms with Gasteiger partial charge in [-0.2, -0.15) is 0 Å². The second-order valence-corrected chi connectivity index (χ2v) is 5.96. The Morgan fingerprint density at radius 3 is 2.57 bits per heavy atom. The molecule has 1 heterocycles. The van der Waals surface area contributed by atoms with Crippen LogP contribution in [0.3, 0.4) is 0 Å². The van der Waals surface area contributed by atoms with Crippen LogP contribution in [0.15, 0.2) is 55.3 Å². The molecule has 0 aliphatic rings. The van der Waals surface area contributed by atoms with E-state index in [0.29, 0.717) is 0 Å². The highest BCUT2D eigenvalue weighted by molar-refractivity contribution is 5.67. The summed E-state index contributed by atoms with van der Waals surface area (Å²) in [7, 11) is 3.97. The minimum Gasteiger partial charge on any atom is -0.388 e. The van der Waals surface area contributed by atoms with Crippen molar-refractivity contribution in [1.82, 2.24) is 9.88 Å². The van der Waals surface area contributed by atoms with E-state index in [-0.39, 0.29) is 0 Å². The molecule has 120 valence electrons. The average Bonchev–Trinajstić information content (AvgIpc) is 2.85. The molecule has 23 heavy (non-hydrogen) atoms. The fourth-order valence-electron chi connectivity index (χ4n) is 2.68. The van der Waals surface area contributed by atoms with Crippen molar-refractivity contribution in [3.63, 3.8) is 0 Å². The van der Waals surface area contributed by atoms with Crippen LogP contribution in [0.4, 0.5) is 0 Å². The molecule has 2 nitrogen and oxygen atoms in total. The zero-order chi connectivity index (χ0) is 17.0. The summed E-state index contributed by atoms with van der Waals surface area (Å²) >= 11 is 0. The van der Waals surface area contributed by atoms with Crippen molar-refractivity contribution in [3.05, 3.63) is 83.2 Å². The molecule has 0 atom stereocenters. The van der Waals surface area contributed by atoms with Crippen molar-refractivity contribution in [2.24, 2.45) is 7.05 Å². The van der Waals surface area contributed by atoms with Gasteiger partial charge in [-0.25, -0.2) is 0 Å². The Balaban J connectivity index is 2.39. The van der Waals surface area contributed by atoms with E-state index in [2.05, 4.69) is 80.5 Å². The lowest BCUT2D eigenvalue weighted by molar-refractivity contribution is 0.881. The largest absolute Gasteiger partial charge is 0.388 e. The topological polar surface area (TPSA) is 17.0 Å². The lowest BCUT2D eigenvalue weighted by Crippen LogP contribution is -2.06. The molecule has 0 aliphatic carbocycles. The normalized spacial score (nSPS) is 11.4. The smallest absolute Gasteiger partial charge is 0.0341 e. The highest BCUT2D eigenvalue weighted by Gasteiger charge is 2.08. The lowest BCUT2D eigenvalue weighted by Gasteiger charge is -2.13. The first kappa shape index (κ1) is 16.9. The van der Waals surface area contributed by atoms with Gasteiger partial charge in [-0.15, -0.1) is 0 Å². The van der Waals surface area contributed by atoms with Crippen molar-refractivity contribution < 1.29 is 0 Å². The van der Waals surface area contributed by atoms with Crippen LogP contribution in [-0.4, -0.2) is 11.6 Å². The van der Waals surface area contributed by atoms with Crippen LogP contribution in [0.2, 0.25) is 0 Å². The van der Waals surface area contributed by atoms with E-state index in [0.717, 1.165) is 17.7 Å². The fraction of sp³-hybridized carbons (Fsp3) is 0.238. The predicted octanol–water partition coefficient (Wildman–Crippen LogP) is 4.64. The summed E-state index contributed by atoms with van der Waals surface area (Å²) in [4.78, 5) is 0. The van der Waals surface area contributed by atoms with Crippen molar-refractivity contribution in [1.29, 1.82) is 0 Å². The number of aryl methyl sites for hydroxylation is 2. The Bertz CT molecular complexity index is 760. The van der Waals surface area contributed by atoms with Gasteiger partial charge in [-0.3, -0.25) is 0 Å². The third-order valence-electron chi connectivity index (χ3n) is 4.31. The maximum atomic E-state index is 4.11. The van der Waals surface area contributed by atoms with Crippen LogP contribution >= 0.6 is 0 Å². The van der Waals surface area contributed by atoms with E-state index >= 15 is 0 Å². The van der Waals surface area contributed by atoms with Crippen LogP contribution in [0.1, 0.15) is 27.9 Å². The second kappa shape index (κ2) is 7.19. The van der Waals surface area contributed by atoms with E-state index in [1.807, 2.05) is 13.1 Å². The van der Waals surface area contributed by atoms with Gasteiger partial charge < -0.3 is 9.88 Å². The zero-order valence-electron chi connectivity index (χ0n) is 14.6. The number of allylic oxidation sites excluding steroid dienone is 2. The van der Waals surface area contributed by atoms with Crippen LogP contribution in [0.25, 0.3) is 11.8 Å². The first-order valence-corrected chi connectivity index (χ1v) is 7.87. The second-order valence-electron chi connectivity index (χ2n) is 5.96. The molecule has 2 heteroatoms. The minimum atomic E-state index is 0.843. The molecule has 0 aliphatic heterocycles. The summed E-state index contributed by atoms with van der Waals surface area (Å²) in [5.41, 5.74) is 8.33. The Kier molecular flexibility index (Phi) is 5.28. The number of nitrogens with zero attached hydrogens (tertiary/aromatic N) is 1. The highest BCUT2D eigenvalue weighted by Crippen LogP contribution is 2.23. The van der Waals surface area contributed by atoms with Crippen molar-refractivity contribution in [2.75, 3.05) is 7.05 Å². The van der Waals surface area contributed by atoms with Crippen molar-refractivity contribution in [3.8, 4) is 0 Å². The molecule has 0 spiro atoms. The zero-order valence-corrected chi connectivity index (χ0v) is 14.6. The quantitative estimate of drug-likeness (QED) is 0.769. The summed E-state index contributed by atoms with van der Waals surface area (Å²) in [5, 5.41) is 3.15. The molecule has 0 fully saturated rings. The Morgan fingerprint density at radius 2 is 2.00 bits per heavy atom. The first-order chi connectivity index (χ1) is 11.0. The SMILES string of the molecule is C=C/C(=C\c1ccn(C)c1C)Cc1cc(C)ccc1C(=C)NC. The van der Waals surface area contributed by atoms with Gasteiger partial charge in [0.25, 0.3) is 0 Å². The minimum absolute atomic E-state index is 0.843. The number of hydrogen-bond acceptors (Lipinski definition) is 1. The molecular weight excluding hydrogens is 280 g/mol. The van der Waals surface area contributed by atoms with Gasteiger partial charge in [-0.05, 0) is 49.1 Å². The molecule has 0 saturated carbocycles.